The number of piperidine rings is 1. The van der Waals surface area contributed by atoms with E-state index in [9.17, 15) is 22.4 Å². The highest BCUT2D eigenvalue weighted by Gasteiger charge is 2.46. The Morgan fingerprint density at radius 2 is 1.72 bits per heavy atom. The number of alkyl halides is 3. The third kappa shape index (κ3) is 5.23. The number of rotatable bonds is 4. The molecule has 0 N–H and O–H groups in total. The lowest BCUT2D eigenvalue weighted by atomic mass is 9.72. The number of carbonyl (C=O) groups is 1. The molecule has 4 rings (SSSR count). The molecule has 2 aromatic carbocycles. The first kappa shape index (κ1) is 23.0. The van der Waals surface area contributed by atoms with Gasteiger partial charge in [-0.15, -0.1) is 0 Å². The average Bonchev–Trinajstić information content (AvgIpc) is 2.73. The molecule has 0 atom stereocenters. The Balaban J connectivity index is 1.27. The van der Waals surface area contributed by atoms with E-state index < -0.39 is 17.6 Å². The Hall–Kier alpha value is -2.19. The van der Waals surface area contributed by atoms with Crippen molar-refractivity contribution in [2.24, 2.45) is 5.41 Å². The molecule has 0 radical (unpaired) electrons. The summed E-state index contributed by atoms with van der Waals surface area (Å²) in [6.45, 7) is 3.27. The van der Waals surface area contributed by atoms with E-state index in [-0.39, 0.29) is 11.3 Å². The lowest BCUT2D eigenvalue weighted by Crippen LogP contribution is -2.61. The van der Waals surface area contributed by atoms with Crippen LogP contribution in [0.3, 0.4) is 0 Å². The van der Waals surface area contributed by atoms with Crippen LogP contribution < -0.4 is 0 Å². The number of likely N-dealkylation sites (tertiary alicyclic amines) is 2. The van der Waals surface area contributed by atoms with E-state index in [2.05, 4.69) is 20.8 Å². The van der Waals surface area contributed by atoms with E-state index in [1.165, 1.54) is 6.07 Å². The van der Waals surface area contributed by atoms with Crippen LogP contribution >= 0.6 is 15.9 Å². The zero-order valence-corrected chi connectivity index (χ0v) is 18.9. The van der Waals surface area contributed by atoms with Gasteiger partial charge in [0.05, 0.1) is 5.56 Å². The number of carbonyl (C=O) groups excluding carboxylic acids is 1. The number of amides is 1. The molecule has 0 saturated carbocycles. The Kier molecular flexibility index (Phi) is 6.45. The summed E-state index contributed by atoms with van der Waals surface area (Å²) in [6.07, 6.45) is 0.485. The molecule has 2 heterocycles. The Labute approximate surface area is 192 Å². The van der Waals surface area contributed by atoms with Gasteiger partial charge in [0.2, 0.25) is 5.91 Å². The zero-order valence-electron chi connectivity index (χ0n) is 17.3. The number of nitrogens with zero attached hydrogens (tertiary/aromatic N) is 2. The molecule has 2 aliphatic rings. The number of hydrogen-bond donors (Lipinski definition) is 0. The lowest BCUT2D eigenvalue weighted by molar-refractivity contribution is -0.141. The molecule has 1 spiro atoms. The SMILES string of the molecule is O=C(C=Cc1ccc(Br)cc1)N1CC2(CCN(Cc3ccc(F)c(C(F)(F)F)c3)CC2)C1. The molecule has 3 nitrogen and oxygen atoms in total. The van der Waals surface area contributed by atoms with E-state index >= 15 is 0 Å². The topological polar surface area (TPSA) is 23.6 Å². The van der Waals surface area contributed by atoms with Gasteiger partial charge in [0.15, 0.2) is 0 Å². The molecule has 170 valence electrons. The van der Waals surface area contributed by atoms with Crippen LogP contribution in [-0.4, -0.2) is 41.9 Å². The molecule has 2 saturated heterocycles. The Bertz CT molecular complexity index is 1000. The van der Waals surface area contributed by atoms with Crippen molar-refractivity contribution < 1.29 is 22.4 Å². The Morgan fingerprint density at radius 3 is 2.34 bits per heavy atom. The summed E-state index contributed by atoms with van der Waals surface area (Å²) in [4.78, 5) is 16.4. The minimum atomic E-state index is -4.69. The number of halogens is 5. The van der Waals surface area contributed by atoms with Gasteiger partial charge in [0.1, 0.15) is 5.82 Å². The van der Waals surface area contributed by atoms with Crippen LogP contribution in [0.4, 0.5) is 17.6 Å². The van der Waals surface area contributed by atoms with Crippen molar-refractivity contribution >= 4 is 27.9 Å². The van der Waals surface area contributed by atoms with Gasteiger partial charge in [-0.25, -0.2) is 4.39 Å². The van der Waals surface area contributed by atoms with E-state index in [0.717, 1.165) is 48.1 Å². The second kappa shape index (κ2) is 8.98. The fourth-order valence-electron chi connectivity index (χ4n) is 4.41. The van der Waals surface area contributed by atoms with Crippen LogP contribution in [0, 0.1) is 11.2 Å². The molecular formula is C24H23BrF4N2O. The van der Waals surface area contributed by atoms with Gasteiger partial charge in [-0.1, -0.05) is 34.1 Å². The van der Waals surface area contributed by atoms with Crippen molar-refractivity contribution in [3.8, 4) is 0 Å². The second-order valence-corrected chi connectivity index (χ2v) is 9.58. The maximum absolute atomic E-state index is 13.5. The van der Waals surface area contributed by atoms with E-state index in [1.54, 1.807) is 12.2 Å². The van der Waals surface area contributed by atoms with Gasteiger partial charge in [0, 0.05) is 35.6 Å². The van der Waals surface area contributed by atoms with Gasteiger partial charge in [-0.3, -0.25) is 9.69 Å². The molecule has 1 amide bonds. The third-order valence-corrected chi connectivity index (χ3v) is 6.84. The molecule has 2 aromatic rings. The third-order valence-electron chi connectivity index (χ3n) is 6.31. The Morgan fingerprint density at radius 1 is 1.06 bits per heavy atom. The van der Waals surface area contributed by atoms with Crippen molar-refractivity contribution in [3.05, 3.63) is 75.5 Å². The van der Waals surface area contributed by atoms with Crippen molar-refractivity contribution in [2.75, 3.05) is 26.2 Å². The molecular weight excluding hydrogens is 488 g/mol. The number of benzene rings is 2. The fraction of sp³-hybridized carbons (Fsp3) is 0.375. The fourth-order valence-corrected chi connectivity index (χ4v) is 4.68. The lowest BCUT2D eigenvalue weighted by Gasteiger charge is -2.53. The first-order valence-electron chi connectivity index (χ1n) is 10.4. The minimum absolute atomic E-state index is 0.00744. The molecule has 0 aromatic heterocycles. The maximum atomic E-state index is 13.5. The van der Waals surface area contributed by atoms with Gasteiger partial charge < -0.3 is 4.90 Å². The largest absolute Gasteiger partial charge is 0.419 e. The quantitative estimate of drug-likeness (QED) is 0.386. The van der Waals surface area contributed by atoms with Crippen LogP contribution in [0.25, 0.3) is 6.08 Å². The summed E-state index contributed by atoms with van der Waals surface area (Å²) < 4.78 is 53.3. The smallest absolute Gasteiger partial charge is 0.338 e. The predicted molar refractivity (Wildman–Crippen MR) is 118 cm³/mol. The number of hydrogen-bond acceptors (Lipinski definition) is 2. The highest BCUT2D eigenvalue weighted by molar-refractivity contribution is 9.10. The molecule has 0 unspecified atom stereocenters. The van der Waals surface area contributed by atoms with Gasteiger partial charge in [-0.2, -0.15) is 13.2 Å². The van der Waals surface area contributed by atoms with Gasteiger partial charge in [-0.05, 0) is 67.4 Å². The average molecular weight is 511 g/mol. The summed E-state index contributed by atoms with van der Waals surface area (Å²) >= 11 is 3.38. The maximum Gasteiger partial charge on any atom is 0.419 e. The van der Waals surface area contributed by atoms with Crippen LogP contribution in [0.1, 0.15) is 29.5 Å². The zero-order chi connectivity index (χ0) is 22.9. The van der Waals surface area contributed by atoms with Crippen molar-refractivity contribution in [1.29, 1.82) is 0 Å². The first-order valence-corrected chi connectivity index (χ1v) is 11.2. The summed E-state index contributed by atoms with van der Waals surface area (Å²) in [5, 5.41) is 0. The predicted octanol–water partition coefficient (Wildman–Crippen LogP) is 5.74. The monoisotopic (exact) mass is 510 g/mol. The molecule has 2 aliphatic heterocycles. The first-order chi connectivity index (χ1) is 15.1. The second-order valence-electron chi connectivity index (χ2n) is 8.67. The minimum Gasteiger partial charge on any atom is -0.338 e. The van der Waals surface area contributed by atoms with Gasteiger partial charge >= 0.3 is 6.18 Å². The highest BCUT2D eigenvalue weighted by Crippen LogP contribution is 2.41. The summed E-state index contributed by atoms with van der Waals surface area (Å²) in [5.74, 6) is -1.25. The molecule has 0 aliphatic carbocycles. The van der Waals surface area contributed by atoms with Crippen LogP contribution in [-0.2, 0) is 17.5 Å². The molecule has 32 heavy (non-hydrogen) atoms. The van der Waals surface area contributed by atoms with E-state index in [4.69, 9.17) is 0 Å². The van der Waals surface area contributed by atoms with E-state index in [0.29, 0.717) is 25.2 Å². The molecule has 2 fully saturated rings. The van der Waals surface area contributed by atoms with Crippen molar-refractivity contribution in [3.63, 3.8) is 0 Å². The van der Waals surface area contributed by atoms with Crippen LogP contribution in [0.15, 0.2) is 53.0 Å². The van der Waals surface area contributed by atoms with Crippen molar-refractivity contribution in [2.45, 2.75) is 25.6 Å². The normalized spacial score (nSPS) is 18.8. The molecule has 0 bridgehead atoms. The summed E-state index contributed by atoms with van der Waals surface area (Å²) in [5.41, 5.74) is 0.294. The standard InChI is InChI=1S/C24H23BrF4N2O/c25-19-5-1-17(2-6-19)4-8-22(32)31-15-23(16-31)9-11-30(12-10-23)14-18-3-7-21(26)20(13-18)24(27,28)29/h1-8,13H,9-12,14-16H2. The van der Waals surface area contributed by atoms with Crippen LogP contribution in [0.5, 0.6) is 0 Å². The van der Waals surface area contributed by atoms with Gasteiger partial charge in [0.25, 0.3) is 0 Å². The summed E-state index contributed by atoms with van der Waals surface area (Å²) in [6, 6.07) is 10.9. The van der Waals surface area contributed by atoms with Crippen molar-refractivity contribution in [1.82, 2.24) is 9.80 Å². The summed E-state index contributed by atoms with van der Waals surface area (Å²) in [7, 11) is 0. The van der Waals surface area contributed by atoms with Crippen LogP contribution in [0.2, 0.25) is 0 Å². The molecule has 8 heteroatoms. The van der Waals surface area contributed by atoms with E-state index in [1.807, 2.05) is 29.2 Å². The highest BCUT2D eigenvalue weighted by atomic mass is 79.9.